The van der Waals surface area contributed by atoms with Gasteiger partial charge < -0.3 is 14.2 Å². The van der Waals surface area contributed by atoms with Crippen molar-refractivity contribution in [3.05, 3.63) is 0 Å². The number of carbonyl (C=O) groups is 2. The zero-order chi connectivity index (χ0) is 19.4. The van der Waals surface area contributed by atoms with Gasteiger partial charge in [-0.1, -0.05) is 27.7 Å². The average molecular weight is 376 g/mol. The Morgan fingerprint density at radius 2 is 1.89 bits per heavy atom. The fourth-order valence-electron chi connectivity index (χ4n) is 7.96. The smallest absolute Gasteiger partial charge is 0.309 e. The molecular formula is C22H32O5. The van der Waals surface area contributed by atoms with E-state index >= 15 is 0 Å². The van der Waals surface area contributed by atoms with E-state index in [1.54, 1.807) is 0 Å². The lowest BCUT2D eigenvalue weighted by molar-refractivity contribution is -0.188. The summed E-state index contributed by atoms with van der Waals surface area (Å²) in [5.74, 6) is 0.874. The SMILES string of the molecule is CC(=O)O[C@H]1CC[C@]2(C)[C@H](CC[C@@]34O[C@@H]3C3C(C)C(=O)O[C@@H]3C[C@@H]24)C1(C)C. The average Bonchev–Trinajstić information content (AvgIpc) is 3.22. The molecule has 1 spiro atoms. The maximum absolute atomic E-state index is 12.2. The summed E-state index contributed by atoms with van der Waals surface area (Å²) in [5.41, 5.74) is 0.0382. The van der Waals surface area contributed by atoms with Crippen LogP contribution in [0.2, 0.25) is 0 Å². The van der Waals surface area contributed by atoms with Gasteiger partial charge in [0.2, 0.25) is 0 Å². The van der Waals surface area contributed by atoms with Crippen molar-refractivity contribution in [3.8, 4) is 0 Å². The second kappa shape index (κ2) is 5.28. The predicted molar refractivity (Wildman–Crippen MR) is 97.6 cm³/mol. The predicted octanol–water partition coefficient (Wildman–Crippen LogP) is 3.49. The van der Waals surface area contributed by atoms with Gasteiger partial charge in [-0.15, -0.1) is 0 Å². The lowest BCUT2D eigenvalue weighted by Crippen LogP contribution is -2.61. The van der Waals surface area contributed by atoms with Crippen LogP contribution in [0.4, 0.5) is 0 Å². The Morgan fingerprint density at radius 3 is 2.59 bits per heavy atom. The molecule has 2 heterocycles. The van der Waals surface area contributed by atoms with Gasteiger partial charge in [-0.3, -0.25) is 9.59 Å². The fraction of sp³-hybridized carbons (Fsp3) is 0.909. The van der Waals surface area contributed by atoms with Crippen molar-refractivity contribution in [2.75, 3.05) is 0 Å². The van der Waals surface area contributed by atoms with Gasteiger partial charge in [-0.2, -0.15) is 0 Å². The topological polar surface area (TPSA) is 65.1 Å². The molecule has 2 aliphatic heterocycles. The van der Waals surface area contributed by atoms with E-state index in [1.165, 1.54) is 6.92 Å². The summed E-state index contributed by atoms with van der Waals surface area (Å²) in [7, 11) is 0. The number of rotatable bonds is 1. The molecule has 0 aromatic rings. The summed E-state index contributed by atoms with van der Waals surface area (Å²) in [5, 5.41) is 0. The normalized spacial score (nSPS) is 54.7. The largest absolute Gasteiger partial charge is 0.462 e. The van der Waals surface area contributed by atoms with Crippen molar-refractivity contribution >= 4 is 11.9 Å². The molecular weight excluding hydrogens is 344 g/mol. The quantitative estimate of drug-likeness (QED) is 0.518. The number of carbonyl (C=O) groups excluding carboxylic acids is 2. The number of hydrogen-bond acceptors (Lipinski definition) is 5. The van der Waals surface area contributed by atoms with Crippen LogP contribution < -0.4 is 0 Å². The summed E-state index contributed by atoms with van der Waals surface area (Å²) in [6.07, 6.45) is 5.23. The highest BCUT2D eigenvalue weighted by molar-refractivity contribution is 5.75. The van der Waals surface area contributed by atoms with Crippen molar-refractivity contribution in [3.63, 3.8) is 0 Å². The van der Waals surface area contributed by atoms with Crippen LogP contribution in [0.15, 0.2) is 0 Å². The lowest BCUT2D eigenvalue weighted by atomic mass is 9.43. The highest BCUT2D eigenvalue weighted by Gasteiger charge is 2.77. The third kappa shape index (κ3) is 2.15. The van der Waals surface area contributed by atoms with E-state index in [9.17, 15) is 9.59 Å². The van der Waals surface area contributed by atoms with Crippen molar-refractivity contribution in [2.45, 2.75) is 90.6 Å². The van der Waals surface area contributed by atoms with Gasteiger partial charge in [-0.05, 0) is 49.4 Å². The Morgan fingerprint density at radius 1 is 1.15 bits per heavy atom. The molecule has 150 valence electrons. The summed E-state index contributed by atoms with van der Waals surface area (Å²) in [6, 6.07) is 0. The molecule has 0 radical (unpaired) electrons. The fourth-order valence-corrected chi connectivity index (χ4v) is 7.96. The molecule has 3 aliphatic carbocycles. The number of hydrogen-bond donors (Lipinski definition) is 0. The highest BCUT2D eigenvalue weighted by Crippen LogP contribution is 2.72. The second-order valence-electron chi connectivity index (χ2n) is 10.7. The molecule has 5 aliphatic rings. The zero-order valence-corrected chi connectivity index (χ0v) is 17.1. The van der Waals surface area contributed by atoms with Crippen LogP contribution >= 0.6 is 0 Å². The number of epoxide rings is 1. The van der Waals surface area contributed by atoms with Crippen LogP contribution in [0.1, 0.15) is 66.7 Å². The minimum atomic E-state index is -0.179. The van der Waals surface area contributed by atoms with Crippen LogP contribution in [0.3, 0.4) is 0 Å². The maximum atomic E-state index is 12.2. The first-order chi connectivity index (χ1) is 12.6. The van der Waals surface area contributed by atoms with Gasteiger partial charge in [0, 0.05) is 18.3 Å². The Kier molecular flexibility index (Phi) is 3.51. The molecule has 0 aromatic heterocycles. The van der Waals surface area contributed by atoms with Crippen LogP contribution in [0, 0.1) is 34.5 Å². The second-order valence-corrected chi connectivity index (χ2v) is 10.7. The van der Waals surface area contributed by atoms with Crippen LogP contribution in [0.5, 0.6) is 0 Å². The maximum Gasteiger partial charge on any atom is 0.309 e. The molecule has 3 saturated carbocycles. The molecule has 9 atom stereocenters. The van der Waals surface area contributed by atoms with Gasteiger partial charge in [-0.25, -0.2) is 0 Å². The van der Waals surface area contributed by atoms with Crippen molar-refractivity contribution < 1.29 is 23.8 Å². The minimum absolute atomic E-state index is 0.0151. The number of ether oxygens (including phenoxy) is 3. The lowest BCUT2D eigenvalue weighted by Gasteiger charge is -2.61. The van der Waals surface area contributed by atoms with Crippen molar-refractivity contribution in [1.82, 2.24) is 0 Å². The van der Waals surface area contributed by atoms with E-state index in [4.69, 9.17) is 14.2 Å². The van der Waals surface area contributed by atoms with Crippen molar-refractivity contribution in [1.29, 1.82) is 0 Å². The van der Waals surface area contributed by atoms with Crippen LogP contribution in [-0.4, -0.2) is 35.9 Å². The molecule has 0 amide bonds. The summed E-state index contributed by atoms with van der Waals surface area (Å²) in [4.78, 5) is 23.8. The molecule has 5 fully saturated rings. The first-order valence-electron chi connectivity index (χ1n) is 10.7. The Labute approximate surface area is 161 Å². The highest BCUT2D eigenvalue weighted by atomic mass is 16.6. The molecule has 0 bridgehead atoms. The van der Waals surface area contributed by atoms with E-state index in [0.717, 1.165) is 32.1 Å². The van der Waals surface area contributed by atoms with E-state index in [1.807, 2.05) is 6.92 Å². The van der Waals surface area contributed by atoms with Gasteiger partial charge in [0.15, 0.2) is 0 Å². The summed E-state index contributed by atoms with van der Waals surface area (Å²) in [6.45, 7) is 10.5. The van der Waals surface area contributed by atoms with Gasteiger partial charge in [0.1, 0.15) is 12.2 Å². The molecule has 5 nitrogen and oxygen atoms in total. The van der Waals surface area contributed by atoms with Gasteiger partial charge in [0.25, 0.3) is 0 Å². The molecule has 2 saturated heterocycles. The van der Waals surface area contributed by atoms with Crippen LogP contribution in [0.25, 0.3) is 0 Å². The molecule has 2 unspecified atom stereocenters. The van der Waals surface area contributed by atoms with Gasteiger partial charge >= 0.3 is 11.9 Å². The standard InChI is InChI=1S/C22H32O5/c1-11-17-13(26-19(11)24)10-15-21(5)8-7-16(25-12(2)23)20(3,4)14(21)6-9-22(15)18(17)27-22/h11,13-18H,6-10H2,1-5H3/t11?,13-,14-,15+,16+,17?,18-,21-,22+/m1/s1. The number of esters is 2. The van der Waals surface area contributed by atoms with Gasteiger partial charge in [0.05, 0.1) is 17.6 Å². The number of fused-ring (bicyclic) bond motifs is 4. The molecule has 5 rings (SSSR count). The van der Waals surface area contributed by atoms with Crippen LogP contribution in [-0.2, 0) is 23.8 Å². The third-order valence-corrected chi connectivity index (χ3v) is 9.22. The Bertz CT molecular complexity index is 701. The first kappa shape index (κ1) is 18.0. The summed E-state index contributed by atoms with van der Waals surface area (Å²) < 4.78 is 18.0. The Balaban J connectivity index is 1.47. The first-order valence-corrected chi connectivity index (χ1v) is 10.7. The zero-order valence-electron chi connectivity index (χ0n) is 17.1. The molecule has 0 aromatic carbocycles. The third-order valence-electron chi connectivity index (χ3n) is 9.22. The van der Waals surface area contributed by atoms with E-state index < -0.39 is 0 Å². The van der Waals surface area contributed by atoms with E-state index in [2.05, 4.69) is 20.8 Å². The van der Waals surface area contributed by atoms with Crippen molar-refractivity contribution in [2.24, 2.45) is 34.5 Å². The Hall–Kier alpha value is -1.10. The minimum Gasteiger partial charge on any atom is -0.462 e. The molecule has 0 N–H and O–H groups in total. The molecule has 27 heavy (non-hydrogen) atoms. The summed E-state index contributed by atoms with van der Waals surface area (Å²) >= 11 is 0. The molecule has 5 heteroatoms. The van der Waals surface area contributed by atoms with E-state index in [0.29, 0.717) is 11.8 Å². The monoisotopic (exact) mass is 376 g/mol. The van der Waals surface area contributed by atoms with E-state index in [-0.39, 0.29) is 58.5 Å².